The summed E-state index contributed by atoms with van der Waals surface area (Å²) in [5.74, 6) is -7.04. The van der Waals surface area contributed by atoms with Gasteiger partial charge in [-0.3, -0.25) is 14.3 Å². The van der Waals surface area contributed by atoms with Crippen LogP contribution in [0.5, 0.6) is 0 Å². The summed E-state index contributed by atoms with van der Waals surface area (Å²) in [5.41, 5.74) is -0.365. The van der Waals surface area contributed by atoms with Crippen molar-refractivity contribution in [1.82, 2.24) is 9.78 Å². The molecule has 1 heterocycles. The largest absolute Gasteiger partial charge is 0.315 e. The summed E-state index contributed by atoms with van der Waals surface area (Å²) >= 11 is 0. The van der Waals surface area contributed by atoms with E-state index in [9.17, 15) is 22.8 Å². The van der Waals surface area contributed by atoms with Gasteiger partial charge in [-0.15, -0.1) is 0 Å². The third-order valence-corrected chi connectivity index (χ3v) is 2.70. The zero-order valence-corrected chi connectivity index (χ0v) is 11.4. The molecule has 0 radical (unpaired) electrons. The molecule has 9 heteroatoms. The van der Waals surface area contributed by atoms with Crippen molar-refractivity contribution in [3.63, 3.8) is 0 Å². The number of nitrogens with zero attached hydrogens (tertiary/aromatic N) is 2. The highest BCUT2D eigenvalue weighted by atomic mass is 19.2. The van der Waals surface area contributed by atoms with Gasteiger partial charge in [0, 0.05) is 12.7 Å². The monoisotopic (exact) mass is 312 g/mol. The van der Waals surface area contributed by atoms with Crippen LogP contribution >= 0.6 is 0 Å². The molecule has 0 aliphatic heterocycles. The second kappa shape index (κ2) is 6.29. The van der Waals surface area contributed by atoms with Crippen LogP contribution in [0.2, 0.25) is 0 Å². The average molecular weight is 312 g/mol. The number of hydrogen-bond acceptors (Lipinski definition) is 3. The Morgan fingerprint density at radius 2 is 1.82 bits per heavy atom. The maximum atomic E-state index is 13.4. The van der Waals surface area contributed by atoms with Gasteiger partial charge >= 0.3 is 11.8 Å². The van der Waals surface area contributed by atoms with Crippen LogP contribution in [-0.4, -0.2) is 21.6 Å². The fourth-order valence-electron chi connectivity index (χ4n) is 1.59. The van der Waals surface area contributed by atoms with E-state index in [0.717, 1.165) is 6.07 Å². The van der Waals surface area contributed by atoms with Gasteiger partial charge in [0.25, 0.3) is 0 Å². The number of carbonyl (C=O) groups excluding carboxylic acids is 2. The van der Waals surface area contributed by atoms with Gasteiger partial charge in [-0.05, 0) is 19.1 Å². The van der Waals surface area contributed by atoms with Crippen LogP contribution in [0.4, 0.5) is 24.5 Å². The smallest absolute Gasteiger partial charge is 0.314 e. The minimum atomic E-state index is -1.73. The second-order valence-corrected chi connectivity index (χ2v) is 4.22. The molecule has 0 bridgehead atoms. The van der Waals surface area contributed by atoms with Crippen LogP contribution < -0.4 is 10.6 Å². The van der Waals surface area contributed by atoms with E-state index < -0.39 is 35.0 Å². The zero-order valence-electron chi connectivity index (χ0n) is 11.4. The normalized spacial score (nSPS) is 10.4. The first-order valence-corrected chi connectivity index (χ1v) is 6.20. The van der Waals surface area contributed by atoms with E-state index in [1.54, 1.807) is 0 Å². The number of rotatable bonds is 3. The van der Waals surface area contributed by atoms with Gasteiger partial charge in [-0.2, -0.15) is 5.10 Å². The zero-order chi connectivity index (χ0) is 16.3. The van der Waals surface area contributed by atoms with E-state index in [1.807, 2.05) is 12.2 Å². The second-order valence-electron chi connectivity index (χ2n) is 4.22. The molecule has 1 aromatic heterocycles. The molecule has 1 aromatic carbocycles. The van der Waals surface area contributed by atoms with Crippen molar-refractivity contribution in [2.75, 3.05) is 10.6 Å². The summed E-state index contributed by atoms with van der Waals surface area (Å²) < 4.78 is 40.7. The predicted octanol–water partition coefficient (Wildman–Crippen LogP) is 1.90. The Kier molecular flexibility index (Phi) is 4.44. The average Bonchev–Trinajstić information content (AvgIpc) is 2.95. The van der Waals surface area contributed by atoms with Crippen LogP contribution in [0.1, 0.15) is 6.92 Å². The van der Waals surface area contributed by atoms with Crippen molar-refractivity contribution >= 4 is 23.2 Å². The van der Waals surface area contributed by atoms with E-state index in [-0.39, 0.29) is 5.69 Å². The Hall–Kier alpha value is -2.84. The summed E-state index contributed by atoms with van der Waals surface area (Å²) in [6.45, 7) is 2.40. The molecule has 6 nitrogen and oxygen atoms in total. The van der Waals surface area contributed by atoms with Gasteiger partial charge in [0.1, 0.15) is 0 Å². The highest BCUT2D eigenvalue weighted by Crippen LogP contribution is 2.19. The number of halogens is 3. The Morgan fingerprint density at radius 1 is 1.14 bits per heavy atom. The lowest BCUT2D eigenvalue weighted by molar-refractivity contribution is -0.133. The number of benzene rings is 1. The maximum Gasteiger partial charge on any atom is 0.314 e. The first kappa shape index (κ1) is 15.5. The number of amides is 2. The van der Waals surface area contributed by atoms with Gasteiger partial charge in [0.05, 0.1) is 17.6 Å². The molecule has 0 unspecified atom stereocenters. The molecule has 2 amide bonds. The van der Waals surface area contributed by atoms with Gasteiger partial charge in [0.2, 0.25) is 0 Å². The van der Waals surface area contributed by atoms with Crippen molar-refractivity contribution < 1.29 is 22.8 Å². The minimum Gasteiger partial charge on any atom is -0.315 e. The fraction of sp³-hybridized carbons (Fsp3) is 0.154. The van der Waals surface area contributed by atoms with Crippen LogP contribution in [0.15, 0.2) is 24.5 Å². The quantitative estimate of drug-likeness (QED) is 0.671. The first-order valence-electron chi connectivity index (χ1n) is 6.20. The maximum absolute atomic E-state index is 13.4. The summed E-state index contributed by atoms with van der Waals surface area (Å²) in [6.07, 6.45) is 2.82. The lowest BCUT2D eigenvalue weighted by Gasteiger charge is -2.07. The van der Waals surface area contributed by atoms with E-state index in [4.69, 9.17) is 0 Å². The molecule has 2 N–H and O–H groups in total. The Bertz CT molecular complexity index is 730. The number of carbonyl (C=O) groups is 2. The molecule has 0 aliphatic rings. The van der Waals surface area contributed by atoms with E-state index in [0.29, 0.717) is 12.6 Å². The van der Waals surface area contributed by atoms with Crippen molar-refractivity contribution in [2.24, 2.45) is 0 Å². The SMILES string of the molecule is CCn1cc(NC(=O)C(=O)Nc2ccc(F)c(F)c2F)cn1. The summed E-state index contributed by atoms with van der Waals surface area (Å²) in [7, 11) is 0. The minimum absolute atomic E-state index is 0.271. The standard InChI is InChI=1S/C13H11F3N4O2/c1-2-20-6-7(5-17-20)18-12(21)13(22)19-9-4-3-8(14)10(15)11(9)16/h3-6H,2H2,1H3,(H,18,21)(H,19,22). The molecular formula is C13H11F3N4O2. The number of nitrogens with one attached hydrogen (secondary N) is 2. The van der Waals surface area contributed by atoms with Crippen molar-refractivity contribution in [1.29, 1.82) is 0 Å². The van der Waals surface area contributed by atoms with E-state index in [2.05, 4.69) is 10.4 Å². The molecule has 0 spiro atoms. The molecular weight excluding hydrogens is 301 g/mol. The highest BCUT2D eigenvalue weighted by Gasteiger charge is 2.19. The number of hydrogen-bond donors (Lipinski definition) is 2. The molecule has 2 aromatic rings. The molecule has 0 aliphatic carbocycles. The summed E-state index contributed by atoms with van der Waals surface area (Å²) in [6, 6.07) is 1.45. The molecule has 0 saturated carbocycles. The summed E-state index contributed by atoms with van der Waals surface area (Å²) in [4.78, 5) is 23.2. The Labute approximate surface area is 122 Å². The molecule has 0 fully saturated rings. The van der Waals surface area contributed by atoms with E-state index >= 15 is 0 Å². The van der Waals surface area contributed by atoms with Crippen LogP contribution in [0.3, 0.4) is 0 Å². The highest BCUT2D eigenvalue weighted by molar-refractivity contribution is 6.43. The Balaban J connectivity index is 2.05. The first-order chi connectivity index (χ1) is 10.4. The van der Waals surface area contributed by atoms with Crippen molar-refractivity contribution in [3.05, 3.63) is 42.0 Å². The molecule has 116 valence electrons. The number of aryl methyl sites for hydroxylation is 1. The summed E-state index contributed by atoms with van der Waals surface area (Å²) in [5, 5.41) is 7.98. The van der Waals surface area contributed by atoms with Gasteiger partial charge in [0.15, 0.2) is 17.5 Å². The third-order valence-electron chi connectivity index (χ3n) is 2.70. The third kappa shape index (κ3) is 3.25. The number of anilines is 2. The lowest BCUT2D eigenvalue weighted by Crippen LogP contribution is -2.29. The van der Waals surface area contributed by atoms with Crippen LogP contribution in [0, 0.1) is 17.5 Å². The van der Waals surface area contributed by atoms with Gasteiger partial charge in [-0.25, -0.2) is 13.2 Å². The fourth-order valence-corrected chi connectivity index (χ4v) is 1.59. The van der Waals surface area contributed by atoms with Gasteiger partial charge in [-0.1, -0.05) is 0 Å². The molecule has 0 saturated heterocycles. The van der Waals surface area contributed by atoms with Crippen LogP contribution in [0.25, 0.3) is 0 Å². The predicted molar refractivity (Wildman–Crippen MR) is 71.5 cm³/mol. The molecule has 2 rings (SSSR count). The van der Waals surface area contributed by atoms with Crippen molar-refractivity contribution in [2.45, 2.75) is 13.5 Å². The van der Waals surface area contributed by atoms with Gasteiger partial charge < -0.3 is 10.6 Å². The topological polar surface area (TPSA) is 76.0 Å². The molecule has 0 atom stereocenters. The Morgan fingerprint density at radius 3 is 2.45 bits per heavy atom. The van der Waals surface area contributed by atoms with Crippen molar-refractivity contribution in [3.8, 4) is 0 Å². The van der Waals surface area contributed by atoms with Crippen LogP contribution in [-0.2, 0) is 16.1 Å². The lowest BCUT2D eigenvalue weighted by atomic mass is 10.2. The van der Waals surface area contributed by atoms with E-state index in [1.165, 1.54) is 17.1 Å². The number of aromatic nitrogens is 2. The molecule has 22 heavy (non-hydrogen) atoms.